The average molecular weight is 770 g/mol. The van der Waals surface area contributed by atoms with E-state index in [4.69, 9.17) is 29.3 Å². The van der Waals surface area contributed by atoms with Crippen LogP contribution in [-0.2, 0) is 19.1 Å². The molecule has 0 saturated carbocycles. The van der Waals surface area contributed by atoms with E-state index < -0.39 is 11.9 Å². The first kappa shape index (κ1) is 42.9. The fraction of sp³-hybridized carbons (Fsp3) is 0.381. The minimum atomic E-state index is -2.07. The molecule has 2 saturated heterocycles. The van der Waals surface area contributed by atoms with Gasteiger partial charge in [-0.3, -0.25) is 19.8 Å². The number of nitrogens with one attached hydrogen (secondary N) is 2. The third-order valence-corrected chi connectivity index (χ3v) is 9.53. The Morgan fingerprint density at radius 3 is 1.25 bits per heavy atom. The van der Waals surface area contributed by atoms with Crippen LogP contribution < -0.4 is 24.7 Å². The lowest BCUT2D eigenvalue weighted by atomic mass is 10.1. The van der Waals surface area contributed by atoms with Crippen molar-refractivity contribution in [3.05, 3.63) is 107 Å². The van der Waals surface area contributed by atoms with E-state index in [0.717, 1.165) is 86.5 Å². The minimum absolute atomic E-state index is 0.277. The summed E-state index contributed by atoms with van der Waals surface area (Å²) in [4.78, 5) is 59.4. The summed E-state index contributed by atoms with van der Waals surface area (Å²) in [7, 11) is 0. The molecule has 56 heavy (non-hydrogen) atoms. The van der Waals surface area contributed by atoms with Crippen molar-refractivity contribution >= 4 is 46.6 Å². The molecule has 2 aromatic carbocycles. The van der Waals surface area contributed by atoms with Crippen molar-refractivity contribution in [2.75, 3.05) is 75.4 Å². The van der Waals surface area contributed by atoms with E-state index in [1.165, 1.54) is 21.2 Å². The predicted molar refractivity (Wildman–Crippen MR) is 210 cm³/mol. The fourth-order valence-electron chi connectivity index (χ4n) is 6.99. The Balaban J connectivity index is 0.000000217. The third-order valence-electron chi connectivity index (χ3n) is 9.53. The summed E-state index contributed by atoms with van der Waals surface area (Å²) < 4.78 is 10.5. The molecule has 4 heterocycles. The predicted octanol–water partition coefficient (Wildman–Crippen LogP) is 1.64. The number of para-hydroxylation sites is 2. The Hall–Kier alpha value is -5.86. The van der Waals surface area contributed by atoms with E-state index in [1.807, 2.05) is 65.8 Å². The van der Waals surface area contributed by atoms with Gasteiger partial charge in [0.05, 0.1) is 88.3 Å². The zero-order valence-corrected chi connectivity index (χ0v) is 33.1. The number of aliphatic carboxylic acids is 2. The minimum Gasteiger partial charge on any atom is -0.539 e. The number of carbonyl (C=O) groups is 4. The van der Waals surface area contributed by atoms with Gasteiger partial charge in [0.2, 0.25) is 0 Å². The molecule has 0 amide bonds. The van der Waals surface area contributed by atoms with Crippen LogP contribution in [0.25, 0.3) is 0 Å². The van der Waals surface area contributed by atoms with Crippen LogP contribution in [0.1, 0.15) is 57.3 Å². The number of hydrogen-bond acceptors (Lipinski definition) is 11. The van der Waals surface area contributed by atoms with Crippen molar-refractivity contribution in [3.8, 4) is 0 Å². The largest absolute Gasteiger partial charge is 0.539 e. The Morgan fingerprint density at radius 1 is 0.643 bits per heavy atom. The van der Waals surface area contributed by atoms with Crippen molar-refractivity contribution < 1.29 is 48.7 Å². The van der Waals surface area contributed by atoms with Gasteiger partial charge >= 0.3 is 17.9 Å². The highest BCUT2D eigenvalue weighted by Gasteiger charge is 2.28. The third kappa shape index (κ3) is 11.6. The Labute approximate surface area is 328 Å². The van der Waals surface area contributed by atoms with Crippen LogP contribution in [-0.4, -0.2) is 105 Å². The van der Waals surface area contributed by atoms with E-state index in [-0.39, 0.29) is 11.9 Å². The second-order valence-corrected chi connectivity index (χ2v) is 13.4. The number of ether oxygens (including phenoxy) is 2. The molecular weight excluding hydrogens is 716 g/mol. The summed E-state index contributed by atoms with van der Waals surface area (Å²) in [5, 5.41) is 16.3. The number of piperazine rings is 2. The number of carboxylic acid groups (broad SMARTS) is 2. The van der Waals surface area contributed by atoms with Crippen molar-refractivity contribution in [2.24, 2.45) is 0 Å². The molecular formula is C42H53N6O8+. The summed E-state index contributed by atoms with van der Waals surface area (Å²) in [6, 6.07) is 25.2. The molecule has 14 nitrogen and oxygen atoms in total. The molecule has 0 unspecified atom stereocenters. The lowest BCUT2D eigenvalue weighted by molar-refractivity contribution is -0.833. The molecule has 0 aliphatic carbocycles. The number of carbonyl (C=O) groups excluding carboxylic acids is 3. The molecule has 3 N–H and O–H groups in total. The highest BCUT2D eigenvalue weighted by Crippen LogP contribution is 2.27. The highest BCUT2D eigenvalue weighted by molar-refractivity contribution is 6.26. The lowest BCUT2D eigenvalue weighted by Crippen LogP contribution is -3.10. The monoisotopic (exact) mass is 769 g/mol. The number of anilines is 2. The SMILES string of the molecule is CCOC(=O)c1c(N2CC[NH+](c3ccccc3)CC2)cc(C)nc1C.CCOC(=O)c1c(N2CC[NH+](c3ccccc3)CC2)cc(C)nc1C.O=C([O-])C(=O)O. The average Bonchev–Trinajstić information content (AvgIpc) is 3.18. The number of quaternary nitrogens is 2. The van der Waals surface area contributed by atoms with Gasteiger partial charge < -0.3 is 34.3 Å². The molecule has 14 heteroatoms. The maximum Gasteiger partial charge on any atom is 0.351 e. The molecule has 6 rings (SSSR count). The first-order chi connectivity index (χ1) is 26.8. The summed E-state index contributed by atoms with van der Waals surface area (Å²) in [6.07, 6.45) is 0. The van der Waals surface area contributed by atoms with Crippen molar-refractivity contribution in [2.45, 2.75) is 41.5 Å². The molecule has 0 spiro atoms. The van der Waals surface area contributed by atoms with E-state index in [9.17, 15) is 9.59 Å². The van der Waals surface area contributed by atoms with Crippen molar-refractivity contribution in [3.63, 3.8) is 0 Å². The summed E-state index contributed by atoms with van der Waals surface area (Å²) >= 11 is 0. The topological polar surface area (TPSA) is 171 Å². The fourth-order valence-corrected chi connectivity index (χ4v) is 6.99. The van der Waals surface area contributed by atoms with Gasteiger partial charge in [-0.2, -0.15) is 0 Å². The van der Waals surface area contributed by atoms with Crippen LogP contribution in [0.4, 0.5) is 22.7 Å². The van der Waals surface area contributed by atoms with Crippen LogP contribution in [0.5, 0.6) is 0 Å². The van der Waals surface area contributed by atoms with E-state index in [1.54, 1.807) is 0 Å². The first-order valence-corrected chi connectivity index (χ1v) is 18.9. The van der Waals surface area contributed by atoms with Gasteiger partial charge in [-0.15, -0.1) is 0 Å². The quantitative estimate of drug-likeness (QED) is 0.175. The van der Waals surface area contributed by atoms with E-state index in [2.05, 4.69) is 68.3 Å². The van der Waals surface area contributed by atoms with Crippen LogP contribution in [0, 0.1) is 27.7 Å². The number of pyridine rings is 2. The number of carboxylic acids is 2. The number of rotatable bonds is 8. The lowest BCUT2D eigenvalue weighted by Gasteiger charge is -2.34. The molecule has 2 aliphatic heterocycles. The van der Waals surface area contributed by atoms with Crippen molar-refractivity contribution in [1.29, 1.82) is 0 Å². The number of nitrogens with zero attached hydrogens (tertiary/aromatic N) is 4. The number of aryl methyl sites for hydroxylation is 4. The standard InChI is InChI=1S/2C20H25N3O2.C2H2O4/c2*1-4-25-20(24)19-16(3)21-15(2)14-18(19)23-12-10-22(11-13-23)17-8-6-5-7-9-17;3-1(4)2(5)6/h2*5-9,14H,4,10-13H2,1-3H3;(H,3,4)(H,5,6)/p+1. The molecule has 0 bridgehead atoms. The molecule has 0 atom stereocenters. The van der Waals surface area contributed by atoms with Gasteiger partial charge in [0, 0.05) is 11.4 Å². The second-order valence-electron chi connectivity index (χ2n) is 13.4. The number of benzene rings is 2. The maximum atomic E-state index is 12.4. The van der Waals surface area contributed by atoms with Gasteiger partial charge in [-0.25, -0.2) is 14.4 Å². The number of esters is 2. The van der Waals surface area contributed by atoms with Crippen molar-refractivity contribution in [1.82, 2.24) is 9.97 Å². The zero-order valence-electron chi connectivity index (χ0n) is 33.1. The van der Waals surface area contributed by atoms with Crippen LogP contribution in [0.2, 0.25) is 0 Å². The normalized spacial score (nSPS) is 14.4. The smallest absolute Gasteiger partial charge is 0.351 e. The molecule has 2 aromatic heterocycles. The summed E-state index contributed by atoms with van der Waals surface area (Å²) in [5.74, 6) is -4.56. The molecule has 0 radical (unpaired) electrons. The van der Waals surface area contributed by atoms with Gasteiger partial charge in [0.15, 0.2) is 5.97 Å². The van der Waals surface area contributed by atoms with Gasteiger partial charge in [0.1, 0.15) is 22.5 Å². The van der Waals surface area contributed by atoms with Gasteiger partial charge in [-0.1, -0.05) is 36.4 Å². The summed E-state index contributed by atoms with van der Waals surface area (Å²) in [6.45, 7) is 19.7. The Morgan fingerprint density at radius 2 is 0.964 bits per heavy atom. The molecule has 4 aromatic rings. The Kier molecular flexibility index (Phi) is 15.9. The number of aromatic nitrogens is 2. The molecule has 2 aliphatic rings. The van der Waals surface area contributed by atoms with Crippen LogP contribution in [0.15, 0.2) is 72.8 Å². The van der Waals surface area contributed by atoms with E-state index >= 15 is 0 Å². The highest BCUT2D eigenvalue weighted by atomic mass is 16.5. The molecule has 2 fully saturated rings. The zero-order chi connectivity index (χ0) is 40.8. The second kappa shape index (κ2) is 20.7. The summed E-state index contributed by atoms with van der Waals surface area (Å²) in [5.41, 5.74) is 9.12. The molecule has 298 valence electrons. The van der Waals surface area contributed by atoms with E-state index in [0.29, 0.717) is 24.3 Å². The first-order valence-electron chi connectivity index (χ1n) is 18.9. The Bertz CT molecular complexity index is 1800. The van der Waals surface area contributed by atoms with Gasteiger partial charge in [-0.05, 0) is 77.9 Å². The van der Waals surface area contributed by atoms with Crippen LogP contribution in [0.3, 0.4) is 0 Å². The number of hydrogen-bond donors (Lipinski definition) is 3. The maximum absolute atomic E-state index is 12.4. The van der Waals surface area contributed by atoms with Crippen LogP contribution >= 0.6 is 0 Å². The van der Waals surface area contributed by atoms with Gasteiger partial charge in [0.25, 0.3) is 0 Å².